The molecule has 0 bridgehead atoms. The van der Waals surface area contributed by atoms with Gasteiger partial charge in [-0.05, 0) is 23.3 Å². The fourth-order valence-electron chi connectivity index (χ4n) is 2.18. The van der Waals surface area contributed by atoms with Gasteiger partial charge in [-0.3, -0.25) is 4.79 Å². The third kappa shape index (κ3) is 5.07. The molecule has 2 rings (SSSR count). The smallest absolute Gasteiger partial charge is 0.394 e. The summed E-state index contributed by atoms with van der Waals surface area (Å²) in [6.45, 7) is 0.213. The van der Waals surface area contributed by atoms with Crippen molar-refractivity contribution in [2.45, 2.75) is 18.8 Å². The number of benzene rings is 2. The van der Waals surface area contributed by atoms with E-state index in [0.717, 1.165) is 5.56 Å². The maximum atomic E-state index is 12.3. The van der Waals surface area contributed by atoms with Gasteiger partial charge >= 0.3 is 12.1 Å². The number of rotatable bonds is 6. The molecule has 0 aromatic heterocycles. The van der Waals surface area contributed by atoms with Crippen LogP contribution < -0.4 is 10.6 Å². The van der Waals surface area contributed by atoms with Crippen molar-refractivity contribution in [2.24, 2.45) is 0 Å². The Hall–Kier alpha value is -2.38. The molecular formula is C17H17F3N2O2. The SMILES string of the molecule is O=C(Nc1cccc(CN[C@@H](CO)c2ccccc2)c1)C(F)(F)F. The summed E-state index contributed by atoms with van der Waals surface area (Å²) < 4.78 is 36.8. The molecule has 2 aromatic rings. The summed E-state index contributed by atoms with van der Waals surface area (Å²) >= 11 is 0. The molecule has 7 heteroatoms. The molecular weight excluding hydrogens is 321 g/mol. The van der Waals surface area contributed by atoms with E-state index in [4.69, 9.17) is 0 Å². The number of hydrogen-bond acceptors (Lipinski definition) is 3. The van der Waals surface area contributed by atoms with E-state index in [1.54, 1.807) is 12.1 Å². The van der Waals surface area contributed by atoms with Gasteiger partial charge in [-0.1, -0.05) is 42.5 Å². The van der Waals surface area contributed by atoms with Gasteiger partial charge in [0.05, 0.1) is 12.6 Å². The topological polar surface area (TPSA) is 61.4 Å². The molecule has 0 fully saturated rings. The number of aliphatic hydroxyl groups excluding tert-OH is 1. The predicted molar refractivity (Wildman–Crippen MR) is 84.2 cm³/mol. The monoisotopic (exact) mass is 338 g/mol. The Labute approximate surface area is 137 Å². The lowest BCUT2D eigenvalue weighted by atomic mass is 10.1. The van der Waals surface area contributed by atoms with Crippen LogP contribution in [-0.4, -0.2) is 23.8 Å². The van der Waals surface area contributed by atoms with Crippen LogP contribution in [0, 0.1) is 0 Å². The van der Waals surface area contributed by atoms with Crippen LogP contribution >= 0.6 is 0 Å². The lowest BCUT2D eigenvalue weighted by molar-refractivity contribution is -0.167. The molecule has 128 valence electrons. The predicted octanol–water partition coefficient (Wildman–Crippen LogP) is 3.01. The summed E-state index contributed by atoms with van der Waals surface area (Å²) in [5.41, 5.74) is 1.66. The van der Waals surface area contributed by atoms with E-state index >= 15 is 0 Å². The maximum Gasteiger partial charge on any atom is 0.471 e. The molecule has 0 aliphatic rings. The largest absolute Gasteiger partial charge is 0.471 e. The van der Waals surface area contributed by atoms with Crippen LogP contribution in [-0.2, 0) is 11.3 Å². The summed E-state index contributed by atoms with van der Waals surface area (Å²) in [4.78, 5) is 11.0. The molecule has 1 amide bonds. The van der Waals surface area contributed by atoms with Crippen molar-refractivity contribution >= 4 is 11.6 Å². The third-order valence-electron chi connectivity index (χ3n) is 3.38. The number of halogens is 3. The van der Waals surface area contributed by atoms with E-state index < -0.39 is 12.1 Å². The number of anilines is 1. The fraction of sp³-hybridized carbons (Fsp3) is 0.235. The molecule has 0 radical (unpaired) electrons. The zero-order chi connectivity index (χ0) is 17.6. The molecule has 4 nitrogen and oxygen atoms in total. The summed E-state index contributed by atoms with van der Waals surface area (Å²) in [6, 6.07) is 15.1. The van der Waals surface area contributed by atoms with Crippen LogP contribution in [0.15, 0.2) is 54.6 Å². The lowest BCUT2D eigenvalue weighted by Crippen LogP contribution is -2.30. The van der Waals surface area contributed by atoms with Gasteiger partial charge in [-0.25, -0.2) is 0 Å². The Morgan fingerprint density at radius 3 is 2.42 bits per heavy atom. The van der Waals surface area contributed by atoms with Crippen LogP contribution in [0.4, 0.5) is 18.9 Å². The van der Waals surface area contributed by atoms with Gasteiger partial charge < -0.3 is 15.7 Å². The van der Waals surface area contributed by atoms with E-state index in [1.807, 2.05) is 35.6 Å². The fourth-order valence-corrected chi connectivity index (χ4v) is 2.18. The van der Waals surface area contributed by atoms with Gasteiger partial charge in [-0.2, -0.15) is 13.2 Å². The number of nitrogens with one attached hydrogen (secondary N) is 2. The average molecular weight is 338 g/mol. The summed E-state index contributed by atoms with van der Waals surface area (Å²) in [5, 5.41) is 14.4. The number of carbonyl (C=O) groups excluding carboxylic acids is 1. The molecule has 0 saturated heterocycles. The van der Waals surface area contributed by atoms with E-state index in [0.29, 0.717) is 12.1 Å². The van der Waals surface area contributed by atoms with E-state index in [2.05, 4.69) is 5.32 Å². The Morgan fingerprint density at radius 1 is 1.08 bits per heavy atom. The number of aliphatic hydroxyl groups is 1. The number of carbonyl (C=O) groups is 1. The van der Waals surface area contributed by atoms with Crippen LogP contribution in [0.2, 0.25) is 0 Å². The standard InChI is InChI=1S/C17H17F3N2O2/c18-17(19,20)16(24)22-14-8-4-5-12(9-14)10-21-15(11-23)13-6-2-1-3-7-13/h1-9,15,21,23H,10-11H2,(H,22,24)/t15-/m0/s1. The molecule has 1 atom stereocenters. The normalized spacial score (nSPS) is 12.7. The van der Waals surface area contributed by atoms with Gasteiger partial charge in [0.1, 0.15) is 0 Å². The lowest BCUT2D eigenvalue weighted by Gasteiger charge is -2.17. The first-order valence-corrected chi connectivity index (χ1v) is 7.26. The number of alkyl halides is 3. The average Bonchev–Trinajstić information content (AvgIpc) is 2.56. The van der Waals surface area contributed by atoms with Gasteiger partial charge in [0.2, 0.25) is 0 Å². The van der Waals surface area contributed by atoms with Crippen molar-refractivity contribution in [3.63, 3.8) is 0 Å². The Kier molecular flexibility index (Phi) is 5.94. The second kappa shape index (κ2) is 7.94. The van der Waals surface area contributed by atoms with Gasteiger partial charge in [-0.15, -0.1) is 0 Å². The number of hydrogen-bond donors (Lipinski definition) is 3. The molecule has 2 aromatic carbocycles. The molecule has 0 aliphatic heterocycles. The molecule has 3 N–H and O–H groups in total. The second-order valence-electron chi connectivity index (χ2n) is 5.18. The van der Waals surface area contributed by atoms with Crippen molar-refractivity contribution in [3.05, 3.63) is 65.7 Å². The van der Waals surface area contributed by atoms with Crippen molar-refractivity contribution in [1.82, 2.24) is 5.32 Å². The first-order valence-electron chi connectivity index (χ1n) is 7.26. The highest BCUT2D eigenvalue weighted by Crippen LogP contribution is 2.19. The molecule has 0 unspecified atom stereocenters. The second-order valence-corrected chi connectivity index (χ2v) is 5.18. The minimum Gasteiger partial charge on any atom is -0.394 e. The summed E-state index contributed by atoms with van der Waals surface area (Å²) in [7, 11) is 0. The zero-order valence-electron chi connectivity index (χ0n) is 12.7. The summed E-state index contributed by atoms with van der Waals surface area (Å²) in [6.07, 6.45) is -4.93. The maximum absolute atomic E-state index is 12.3. The molecule has 0 saturated carbocycles. The Bertz CT molecular complexity index is 675. The van der Waals surface area contributed by atoms with Crippen LogP contribution in [0.3, 0.4) is 0 Å². The quantitative estimate of drug-likeness (QED) is 0.759. The van der Waals surface area contributed by atoms with E-state index in [9.17, 15) is 23.1 Å². The first kappa shape index (κ1) is 18.0. The van der Waals surface area contributed by atoms with Crippen molar-refractivity contribution < 1.29 is 23.1 Å². The zero-order valence-corrected chi connectivity index (χ0v) is 12.7. The highest BCUT2D eigenvalue weighted by molar-refractivity contribution is 5.94. The van der Waals surface area contributed by atoms with Gasteiger partial charge in [0.15, 0.2) is 0 Å². The molecule has 24 heavy (non-hydrogen) atoms. The Morgan fingerprint density at radius 2 is 1.79 bits per heavy atom. The highest BCUT2D eigenvalue weighted by Gasteiger charge is 2.38. The van der Waals surface area contributed by atoms with Crippen LogP contribution in [0.25, 0.3) is 0 Å². The number of amides is 1. The highest BCUT2D eigenvalue weighted by atomic mass is 19.4. The van der Waals surface area contributed by atoms with E-state index in [-0.39, 0.29) is 18.3 Å². The minimum atomic E-state index is -4.93. The first-order chi connectivity index (χ1) is 11.4. The van der Waals surface area contributed by atoms with Crippen molar-refractivity contribution in [3.8, 4) is 0 Å². The third-order valence-corrected chi connectivity index (χ3v) is 3.38. The Balaban J connectivity index is 2.00. The van der Waals surface area contributed by atoms with E-state index in [1.165, 1.54) is 12.1 Å². The molecule has 0 spiro atoms. The molecule has 0 aliphatic carbocycles. The van der Waals surface area contributed by atoms with Crippen LogP contribution in [0.1, 0.15) is 17.2 Å². The summed E-state index contributed by atoms with van der Waals surface area (Å²) in [5.74, 6) is -2.01. The van der Waals surface area contributed by atoms with Gasteiger partial charge in [0.25, 0.3) is 0 Å². The van der Waals surface area contributed by atoms with Crippen molar-refractivity contribution in [1.29, 1.82) is 0 Å². The minimum absolute atomic E-state index is 0.0666. The van der Waals surface area contributed by atoms with Crippen molar-refractivity contribution in [2.75, 3.05) is 11.9 Å². The van der Waals surface area contributed by atoms with Crippen LogP contribution in [0.5, 0.6) is 0 Å². The molecule has 0 heterocycles. The van der Waals surface area contributed by atoms with Gasteiger partial charge in [0, 0.05) is 12.2 Å².